The molecule has 0 spiro atoms. The number of hydrogen-bond acceptors (Lipinski definition) is 6. The molecule has 1 aliphatic rings. The zero-order valence-electron chi connectivity index (χ0n) is 19.6. The van der Waals surface area contributed by atoms with Crippen LogP contribution >= 0.6 is 0 Å². The Bertz CT molecular complexity index is 1420. The van der Waals surface area contributed by atoms with Gasteiger partial charge in [0.25, 0.3) is 5.91 Å². The van der Waals surface area contributed by atoms with Gasteiger partial charge in [0.05, 0.1) is 17.2 Å². The summed E-state index contributed by atoms with van der Waals surface area (Å²) in [5, 5.41) is 7.56. The zero-order valence-corrected chi connectivity index (χ0v) is 19.6. The maximum absolute atomic E-state index is 13.5. The summed E-state index contributed by atoms with van der Waals surface area (Å²) in [5.74, 6) is -0.373. The first-order valence-corrected chi connectivity index (χ1v) is 11.7. The van der Waals surface area contributed by atoms with Crippen LogP contribution in [0.2, 0.25) is 0 Å². The summed E-state index contributed by atoms with van der Waals surface area (Å²) in [4.78, 5) is 21.5. The van der Waals surface area contributed by atoms with Crippen LogP contribution in [-0.2, 0) is 10.9 Å². The van der Waals surface area contributed by atoms with E-state index >= 15 is 0 Å². The monoisotopic (exact) mass is 508 g/mol. The lowest BCUT2D eigenvalue weighted by Crippen LogP contribution is -2.18. The molecule has 0 aliphatic carbocycles. The van der Waals surface area contributed by atoms with Crippen molar-refractivity contribution in [3.05, 3.63) is 84.3 Å². The second kappa shape index (κ2) is 10.4. The van der Waals surface area contributed by atoms with E-state index in [-0.39, 0.29) is 35.5 Å². The van der Waals surface area contributed by atoms with E-state index in [0.717, 1.165) is 35.7 Å². The third-order valence-electron chi connectivity index (χ3n) is 5.91. The minimum Gasteiger partial charge on any atom is -0.491 e. The van der Waals surface area contributed by atoms with Crippen LogP contribution in [0.4, 0.5) is 30.4 Å². The number of alkyl halides is 3. The maximum Gasteiger partial charge on any atom is 0.416 e. The number of aromatic nitrogens is 2. The number of fused-ring (bicyclic) bond motifs is 1. The molecule has 0 saturated carbocycles. The van der Waals surface area contributed by atoms with Crippen LogP contribution in [0.1, 0.15) is 28.8 Å². The molecule has 7 nitrogen and oxygen atoms in total. The largest absolute Gasteiger partial charge is 0.491 e. The summed E-state index contributed by atoms with van der Waals surface area (Å²) < 4.78 is 51.7. The predicted octanol–water partition coefficient (Wildman–Crippen LogP) is 6.20. The number of nitrogens with one attached hydrogen (secondary N) is 2. The van der Waals surface area contributed by atoms with Crippen molar-refractivity contribution >= 4 is 33.9 Å². The fraction of sp³-hybridized carbons (Fsp3) is 0.222. The Morgan fingerprint density at radius 2 is 1.95 bits per heavy atom. The predicted molar refractivity (Wildman–Crippen MR) is 133 cm³/mol. The molecule has 2 N–H and O–H groups in total. The number of rotatable bonds is 7. The molecular formula is C27H23F3N4O3. The number of carbonyl (C=O) groups excluding carboxylic acids is 1. The van der Waals surface area contributed by atoms with Crippen LogP contribution in [0.15, 0.2) is 73.2 Å². The molecule has 2 aromatic heterocycles. The number of pyridine rings is 2. The van der Waals surface area contributed by atoms with Gasteiger partial charge in [-0.05, 0) is 60.7 Å². The quantitative estimate of drug-likeness (QED) is 0.309. The Morgan fingerprint density at radius 3 is 2.76 bits per heavy atom. The smallest absolute Gasteiger partial charge is 0.416 e. The molecule has 4 aromatic rings. The van der Waals surface area contributed by atoms with Gasteiger partial charge in [0.15, 0.2) is 0 Å². The number of hydrogen-bond donors (Lipinski definition) is 2. The first-order chi connectivity index (χ1) is 17.8. The molecule has 1 atom stereocenters. The van der Waals surface area contributed by atoms with E-state index in [4.69, 9.17) is 9.47 Å². The van der Waals surface area contributed by atoms with Crippen molar-refractivity contribution in [2.75, 3.05) is 23.8 Å². The molecule has 0 bridgehead atoms. The lowest BCUT2D eigenvalue weighted by Gasteiger charge is -2.16. The molecule has 0 radical (unpaired) electrons. The van der Waals surface area contributed by atoms with Crippen LogP contribution in [0.5, 0.6) is 5.75 Å². The molecule has 3 heterocycles. The Hall–Kier alpha value is -4.18. The minimum absolute atomic E-state index is 0.00469. The maximum atomic E-state index is 13.5. The summed E-state index contributed by atoms with van der Waals surface area (Å²) >= 11 is 0. The Kier molecular flexibility index (Phi) is 6.91. The standard InChI is InChI=1S/C27H23F3N4O3/c28-27(29,30)19-12-21(14-23(13-19)37-16-22-3-2-10-36-22)34-26(35)24-4-1-8-32-25(24)33-20-6-5-17-7-9-31-15-18(17)11-20/h1,4-9,11-15,22H,2-3,10,16H2,(H,32,33)(H,34,35). The molecular weight excluding hydrogens is 485 g/mol. The van der Waals surface area contributed by atoms with Crippen molar-refractivity contribution in [2.24, 2.45) is 0 Å². The molecule has 37 heavy (non-hydrogen) atoms. The normalized spacial score (nSPS) is 15.5. The summed E-state index contributed by atoms with van der Waals surface area (Å²) in [7, 11) is 0. The molecule has 10 heteroatoms. The van der Waals surface area contributed by atoms with E-state index in [0.29, 0.717) is 12.3 Å². The molecule has 1 unspecified atom stereocenters. The van der Waals surface area contributed by atoms with Crippen LogP contribution in [0.3, 0.4) is 0 Å². The molecule has 1 fully saturated rings. The molecule has 1 saturated heterocycles. The first-order valence-electron chi connectivity index (χ1n) is 11.7. The SMILES string of the molecule is O=C(Nc1cc(OCC2CCCO2)cc(C(F)(F)F)c1)c1cccnc1Nc1ccc2ccncc2c1. The van der Waals surface area contributed by atoms with Gasteiger partial charge in [-0.15, -0.1) is 0 Å². The Balaban J connectivity index is 1.37. The fourth-order valence-corrected chi connectivity index (χ4v) is 4.07. The van der Waals surface area contributed by atoms with Gasteiger partial charge < -0.3 is 20.1 Å². The third-order valence-corrected chi connectivity index (χ3v) is 5.91. The first kappa shape index (κ1) is 24.5. The van der Waals surface area contributed by atoms with Crippen LogP contribution in [0, 0.1) is 0 Å². The topological polar surface area (TPSA) is 85.4 Å². The Morgan fingerprint density at radius 1 is 1.05 bits per heavy atom. The van der Waals surface area contributed by atoms with E-state index in [2.05, 4.69) is 20.6 Å². The number of amides is 1. The third kappa shape index (κ3) is 5.97. The van der Waals surface area contributed by atoms with Crippen LogP contribution in [0.25, 0.3) is 10.8 Å². The number of halogens is 3. The van der Waals surface area contributed by atoms with Crippen molar-refractivity contribution in [3.8, 4) is 5.75 Å². The second-order valence-corrected chi connectivity index (χ2v) is 8.61. The van der Waals surface area contributed by atoms with Crippen LogP contribution in [-0.4, -0.2) is 35.2 Å². The number of carbonyl (C=O) groups is 1. The number of nitrogens with zero attached hydrogens (tertiary/aromatic N) is 2. The second-order valence-electron chi connectivity index (χ2n) is 8.61. The average Bonchev–Trinajstić information content (AvgIpc) is 3.41. The molecule has 190 valence electrons. The van der Waals surface area contributed by atoms with Gasteiger partial charge in [-0.3, -0.25) is 9.78 Å². The van der Waals surface area contributed by atoms with Gasteiger partial charge in [-0.2, -0.15) is 13.2 Å². The highest BCUT2D eigenvalue weighted by atomic mass is 19.4. The highest BCUT2D eigenvalue weighted by Crippen LogP contribution is 2.35. The van der Waals surface area contributed by atoms with Gasteiger partial charge in [0.1, 0.15) is 18.2 Å². The summed E-state index contributed by atoms with van der Waals surface area (Å²) in [5.41, 5.74) is -0.138. The molecule has 1 amide bonds. The Labute approximate surface area is 210 Å². The summed E-state index contributed by atoms with van der Waals surface area (Å²) in [6.07, 6.45) is 1.82. The number of anilines is 3. The van der Waals surface area contributed by atoms with Gasteiger partial charge >= 0.3 is 6.18 Å². The average molecular weight is 509 g/mol. The lowest BCUT2D eigenvalue weighted by molar-refractivity contribution is -0.137. The van der Waals surface area contributed by atoms with Crippen molar-refractivity contribution in [3.63, 3.8) is 0 Å². The lowest BCUT2D eigenvalue weighted by atomic mass is 10.1. The van der Waals surface area contributed by atoms with E-state index < -0.39 is 17.6 Å². The fourth-order valence-electron chi connectivity index (χ4n) is 4.07. The minimum atomic E-state index is -4.62. The zero-order chi connectivity index (χ0) is 25.8. The van der Waals surface area contributed by atoms with Crippen molar-refractivity contribution in [1.82, 2.24) is 9.97 Å². The van der Waals surface area contributed by atoms with Gasteiger partial charge in [-0.25, -0.2) is 4.98 Å². The van der Waals surface area contributed by atoms with Crippen molar-refractivity contribution < 1.29 is 27.4 Å². The molecule has 1 aliphatic heterocycles. The molecule has 2 aromatic carbocycles. The van der Waals surface area contributed by atoms with E-state index in [1.54, 1.807) is 18.5 Å². The van der Waals surface area contributed by atoms with E-state index in [1.807, 2.05) is 24.3 Å². The van der Waals surface area contributed by atoms with E-state index in [9.17, 15) is 18.0 Å². The van der Waals surface area contributed by atoms with Crippen molar-refractivity contribution in [2.45, 2.75) is 25.1 Å². The van der Waals surface area contributed by atoms with Gasteiger partial charge in [-0.1, -0.05) is 6.07 Å². The van der Waals surface area contributed by atoms with Gasteiger partial charge in [0, 0.05) is 48.0 Å². The summed E-state index contributed by atoms with van der Waals surface area (Å²) in [6.45, 7) is 0.738. The van der Waals surface area contributed by atoms with E-state index in [1.165, 1.54) is 18.3 Å². The molecule has 5 rings (SSSR count). The van der Waals surface area contributed by atoms with Crippen molar-refractivity contribution in [1.29, 1.82) is 0 Å². The highest BCUT2D eigenvalue weighted by molar-refractivity contribution is 6.08. The van der Waals surface area contributed by atoms with Crippen LogP contribution < -0.4 is 15.4 Å². The van der Waals surface area contributed by atoms with Gasteiger partial charge in [0.2, 0.25) is 0 Å². The number of ether oxygens (including phenoxy) is 2. The number of benzene rings is 2. The highest BCUT2D eigenvalue weighted by Gasteiger charge is 2.32. The summed E-state index contributed by atoms with van der Waals surface area (Å²) in [6, 6.07) is 13.7.